The molecule has 4 nitrogen and oxygen atoms in total. The zero-order valence-electron chi connectivity index (χ0n) is 15.6. The smallest absolute Gasteiger partial charge is 0.222 e. The number of carbonyl (C=O) groups excluding carboxylic acids is 1. The molecule has 2 aromatic carbocycles. The Kier molecular flexibility index (Phi) is 6.81. The lowest BCUT2D eigenvalue weighted by Crippen LogP contribution is -2.49. The maximum Gasteiger partial charge on any atom is 0.222 e. The van der Waals surface area contributed by atoms with Crippen molar-refractivity contribution in [3.63, 3.8) is 0 Å². The summed E-state index contributed by atoms with van der Waals surface area (Å²) in [5.74, 6) is 0.288. The molecule has 2 aromatic rings. The lowest BCUT2D eigenvalue weighted by Gasteiger charge is -2.40. The van der Waals surface area contributed by atoms with Gasteiger partial charge in [-0.15, -0.1) is 0 Å². The maximum atomic E-state index is 12.4. The third-order valence-electron chi connectivity index (χ3n) is 5.08. The summed E-state index contributed by atoms with van der Waals surface area (Å²) in [4.78, 5) is 16.9. The normalized spacial score (nSPS) is 15.4. The lowest BCUT2D eigenvalue weighted by molar-refractivity contribution is -0.133. The van der Waals surface area contributed by atoms with Gasteiger partial charge in [0.15, 0.2) is 0 Å². The third kappa shape index (κ3) is 4.71. The van der Waals surface area contributed by atoms with Gasteiger partial charge >= 0.3 is 0 Å². The van der Waals surface area contributed by atoms with Crippen LogP contribution in [0.4, 0.5) is 0 Å². The summed E-state index contributed by atoms with van der Waals surface area (Å²) in [6.45, 7) is 4.34. The molecule has 1 amide bonds. The highest BCUT2D eigenvalue weighted by atomic mass is 16.2. The quantitative estimate of drug-likeness (QED) is 0.779. The van der Waals surface area contributed by atoms with Crippen LogP contribution in [0.1, 0.15) is 30.0 Å². The molecule has 0 saturated carbocycles. The van der Waals surface area contributed by atoms with Gasteiger partial charge in [-0.05, 0) is 31.1 Å². The van der Waals surface area contributed by atoms with Crippen LogP contribution in [0.15, 0.2) is 60.7 Å². The van der Waals surface area contributed by atoms with Crippen molar-refractivity contribution in [1.29, 1.82) is 0 Å². The first-order chi connectivity index (χ1) is 12.8. The average Bonchev–Trinajstić information content (AvgIpc) is 2.70. The Balaban J connectivity index is 1.67. The molecule has 26 heavy (non-hydrogen) atoms. The van der Waals surface area contributed by atoms with Crippen LogP contribution in [0.25, 0.3) is 0 Å². The molecule has 0 spiro atoms. The Morgan fingerprint density at radius 1 is 0.923 bits per heavy atom. The van der Waals surface area contributed by atoms with Gasteiger partial charge in [0, 0.05) is 32.6 Å². The number of rotatable bonds is 7. The van der Waals surface area contributed by atoms with Gasteiger partial charge in [0.1, 0.15) is 0 Å². The summed E-state index contributed by atoms with van der Waals surface area (Å²) in [6.07, 6.45) is 1.55. The van der Waals surface area contributed by atoms with Crippen LogP contribution in [0.5, 0.6) is 0 Å². The first-order valence-electron chi connectivity index (χ1n) is 9.56. The fourth-order valence-electron chi connectivity index (χ4n) is 3.69. The number of benzene rings is 2. The number of carbonyl (C=O) groups is 1. The Hall–Kier alpha value is -2.17. The van der Waals surface area contributed by atoms with E-state index in [-0.39, 0.29) is 11.9 Å². The van der Waals surface area contributed by atoms with E-state index in [0.717, 1.165) is 39.1 Å². The molecule has 3 rings (SSSR count). The molecule has 1 N–H and O–H groups in total. The van der Waals surface area contributed by atoms with Gasteiger partial charge in [0.05, 0.1) is 6.04 Å². The van der Waals surface area contributed by atoms with Crippen LogP contribution >= 0.6 is 0 Å². The van der Waals surface area contributed by atoms with Crippen molar-refractivity contribution < 1.29 is 4.79 Å². The molecule has 0 atom stereocenters. The maximum absolute atomic E-state index is 12.4. The van der Waals surface area contributed by atoms with Crippen molar-refractivity contribution >= 4 is 5.91 Å². The molecular formula is C22H29N3O. The lowest BCUT2D eigenvalue weighted by atomic mass is 9.96. The largest absolute Gasteiger partial charge is 0.340 e. The molecule has 0 radical (unpaired) electrons. The second-order valence-corrected chi connectivity index (χ2v) is 6.85. The first kappa shape index (κ1) is 18.6. The van der Waals surface area contributed by atoms with Crippen LogP contribution < -0.4 is 5.32 Å². The summed E-state index contributed by atoms with van der Waals surface area (Å²) in [6, 6.07) is 21.6. The Morgan fingerprint density at radius 2 is 1.46 bits per heavy atom. The van der Waals surface area contributed by atoms with Crippen molar-refractivity contribution in [1.82, 2.24) is 15.1 Å². The van der Waals surface area contributed by atoms with E-state index >= 15 is 0 Å². The summed E-state index contributed by atoms with van der Waals surface area (Å²) in [7, 11) is 1.93. The van der Waals surface area contributed by atoms with Crippen LogP contribution in [-0.2, 0) is 4.79 Å². The Morgan fingerprint density at radius 3 is 1.96 bits per heavy atom. The average molecular weight is 351 g/mol. The van der Waals surface area contributed by atoms with E-state index < -0.39 is 0 Å². The zero-order chi connectivity index (χ0) is 18.2. The van der Waals surface area contributed by atoms with E-state index in [2.05, 4.69) is 70.9 Å². The van der Waals surface area contributed by atoms with Gasteiger partial charge in [-0.3, -0.25) is 9.69 Å². The molecule has 4 heteroatoms. The molecule has 0 unspecified atom stereocenters. The van der Waals surface area contributed by atoms with Crippen LogP contribution in [-0.4, -0.2) is 55.5 Å². The second-order valence-electron chi connectivity index (χ2n) is 6.85. The first-order valence-corrected chi connectivity index (χ1v) is 9.56. The summed E-state index contributed by atoms with van der Waals surface area (Å²) in [5, 5.41) is 3.11. The standard InChI is InChI=1S/C22H29N3O/c1-23-14-8-13-21(26)24-15-17-25(18-16-24)22(19-9-4-2-5-10-19)20-11-6-3-7-12-20/h2-7,9-12,22-23H,8,13-18H2,1H3. The molecule has 1 heterocycles. The second kappa shape index (κ2) is 9.51. The predicted octanol–water partition coefficient (Wildman–Crippen LogP) is 2.92. The minimum atomic E-state index is 0.249. The molecule has 0 aliphatic carbocycles. The number of hydrogen-bond donors (Lipinski definition) is 1. The van der Waals surface area contributed by atoms with E-state index in [1.807, 2.05) is 11.9 Å². The van der Waals surface area contributed by atoms with E-state index in [9.17, 15) is 4.79 Å². The molecule has 1 aliphatic rings. The highest BCUT2D eigenvalue weighted by Crippen LogP contribution is 2.29. The van der Waals surface area contributed by atoms with Crippen molar-refractivity contribution in [3.05, 3.63) is 71.8 Å². The molecule has 0 bridgehead atoms. The Labute approximate surface area is 156 Å². The summed E-state index contributed by atoms with van der Waals surface area (Å²) in [5.41, 5.74) is 2.62. The van der Waals surface area contributed by atoms with Crippen molar-refractivity contribution in [2.24, 2.45) is 0 Å². The monoisotopic (exact) mass is 351 g/mol. The van der Waals surface area contributed by atoms with E-state index in [1.54, 1.807) is 0 Å². The van der Waals surface area contributed by atoms with Gasteiger partial charge in [0.25, 0.3) is 0 Å². The van der Waals surface area contributed by atoms with Gasteiger partial charge in [0.2, 0.25) is 5.91 Å². The van der Waals surface area contributed by atoms with Gasteiger partial charge in [-0.1, -0.05) is 60.7 Å². The van der Waals surface area contributed by atoms with E-state index in [0.29, 0.717) is 6.42 Å². The molecule has 1 saturated heterocycles. The van der Waals surface area contributed by atoms with Crippen LogP contribution in [0.2, 0.25) is 0 Å². The molecule has 1 fully saturated rings. The predicted molar refractivity (Wildman–Crippen MR) is 106 cm³/mol. The minimum absolute atomic E-state index is 0.249. The summed E-state index contributed by atoms with van der Waals surface area (Å²) < 4.78 is 0. The fraction of sp³-hybridized carbons (Fsp3) is 0.409. The van der Waals surface area contributed by atoms with E-state index in [4.69, 9.17) is 0 Å². The SMILES string of the molecule is CNCCCC(=O)N1CCN(C(c2ccccc2)c2ccccc2)CC1. The van der Waals surface area contributed by atoms with Crippen molar-refractivity contribution in [2.75, 3.05) is 39.8 Å². The topological polar surface area (TPSA) is 35.6 Å². The van der Waals surface area contributed by atoms with Crippen LogP contribution in [0.3, 0.4) is 0 Å². The zero-order valence-corrected chi connectivity index (χ0v) is 15.6. The molecular weight excluding hydrogens is 322 g/mol. The number of nitrogens with one attached hydrogen (secondary N) is 1. The van der Waals surface area contributed by atoms with Gasteiger partial charge < -0.3 is 10.2 Å². The number of hydrogen-bond acceptors (Lipinski definition) is 3. The molecule has 138 valence electrons. The minimum Gasteiger partial charge on any atom is -0.340 e. The van der Waals surface area contributed by atoms with Crippen molar-refractivity contribution in [3.8, 4) is 0 Å². The van der Waals surface area contributed by atoms with Crippen LogP contribution in [0, 0.1) is 0 Å². The highest BCUT2D eigenvalue weighted by Gasteiger charge is 2.27. The summed E-state index contributed by atoms with van der Waals surface area (Å²) >= 11 is 0. The number of nitrogens with zero attached hydrogens (tertiary/aromatic N) is 2. The fourth-order valence-corrected chi connectivity index (χ4v) is 3.69. The van der Waals surface area contributed by atoms with E-state index in [1.165, 1.54) is 11.1 Å². The Bertz CT molecular complexity index is 627. The number of amides is 1. The molecule has 0 aromatic heterocycles. The van der Waals surface area contributed by atoms with Crippen molar-refractivity contribution in [2.45, 2.75) is 18.9 Å². The number of piperazine rings is 1. The van der Waals surface area contributed by atoms with Gasteiger partial charge in [-0.2, -0.15) is 0 Å². The third-order valence-corrected chi connectivity index (χ3v) is 5.08. The highest BCUT2D eigenvalue weighted by molar-refractivity contribution is 5.76. The van der Waals surface area contributed by atoms with Gasteiger partial charge in [-0.25, -0.2) is 0 Å². The molecule has 1 aliphatic heterocycles.